The first kappa shape index (κ1) is 21.4. The number of aliphatic imine (C=N–C) groups is 1. The summed E-state index contributed by atoms with van der Waals surface area (Å²) < 4.78 is 6.19. The third-order valence-corrected chi connectivity index (χ3v) is 6.07. The average Bonchev–Trinajstić information content (AvgIpc) is 3.16. The fraction of sp³-hybridized carbons (Fsp3) is 0.0385. The standard InChI is InChI=1S/C26H17BrClN3O2/c1-33-21-10-8-20(9-11-21)31-25(16-5-3-2-4-6-16)30-23(26(31)32)15-18-13-17-14-19(27)7-12-22(17)29-24(18)28/h2-15H,1H3/b23-15-. The van der Waals surface area contributed by atoms with Crippen molar-refractivity contribution in [3.63, 3.8) is 0 Å². The van der Waals surface area contributed by atoms with Crippen molar-refractivity contribution in [2.24, 2.45) is 4.99 Å². The lowest BCUT2D eigenvalue weighted by atomic mass is 10.1. The molecule has 0 atom stereocenters. The highest BCUT2D eigenvalue weighted by Gasteiger charge is 2.32. The number of rotatable bonds is 4. The molecule has 2 heterocycles. The fourth-order valence-electron chi connectivity index (χ4n) is 3.66. The molecule has 5 nitrogen and oxygen atoms in total. The molecule has 1 aliphatic rings. The van der Waals surface area contributed by atoms with Crippen LogP contribution in [0.5, 0.6) is 5.75 Å². The van der Waals surface area contributed by atoms with Gasteiger partial charge in [-0.25, -0.2) is 9.98 Å². The molecule has 0 spiro atoms. The van der Waals surface area contributed by atoms with Gasteiger partial charge in [0, 0.05) is 21.0 Å². The number of ether oxygens (including phenoxy) is 1. The van der Waals surface area contributed by atoms with E-state index in [1.54, 1.807) is 18.1 Å². The molecule has 0 fully saturated rings. The van der Waals surface area contributed by atoms with Crippen LogP contribution in [-0.4, -0.2) is 23.8 Å². The Kier molecular flexibility index (Phi) is 5.70. The Labute approximate surface area is 204 Å². The maximum Gasteiger partial charge on any atom is 0.282 e. The molecule has 1 aliphatic heterocycles. The van der Waals surface area contributed by atoms with Crippen LogP contribution in [0, 0.1) is 0 Å². The number of amidine groups is 1. The van der Waals surface area contributed by atoms with Gasteiger partial charge in [-0.2, -0.15) is 0 Å². The number of anilines is 1. The van der Waals surface area contributed by atoms with Crippen molar-refractivity contribution in [2.45, 2.75) is 0 Å². The summed E-state index contributed by atoms with van der Waals surface area (Å²) in [5.74, 6) is 1.01. The first-order valence-corrected chi connectivity index (χ1v) is 11.3. The van der Waals surface area contributed by atoms with Gasteiger partial charge in [-0.3, -0.25) is 9.69 Å². The topological polar surface area (TPSA) is 54.8 Å². The summed E-state index contributed by atoms with van der Waals surface area (Å²) in [4.78, 5) is 24.3. The van der Waals surface area contributed by atoms with E-state index in [0.717, 1.165) is 20.9 Å². The second kappa shape index (κ2) is 8.81. The lowest BCUT2D eigenvalue weighted by molar-refractivity contribution is -0.113. The maximum atomic E-state index is 13.5. The van der Waals surface area contributed by atoms with E-state index in [-0.39, 0.29) is 11.6 Å². The SMILES string of the molecule is COc1ccc(N2C(=O)/C(=C/c3cc4cc(Br)ccc4nc3Cl)N=C2c2ccccc2)cc1. The monoisotopic (exact) mass is 517 g/mol. The molecule has 0 saturated heterocycles. The van der Waals surface area contributed by atoms with Crippen LogP contribution in [0.4, 0.5) is 5.69 Å². The molecule has 3 aromatic carbocycles. The number of amides is 1. The second-order valence-corrected chi connectivity index (χ2v) is 8.65. The van der Waals surface area contributed by atoms with E-state index in [1.165, 1.54) is 0 Å². The number of carbonyl (C=O) groups excluding carboxylic acids is 1. The lowest BCUT2D eigenvalue weighted by Crippen LogP contribution is -2.32. The molecule has 4 aromatic rings. The molecule has 33 heavy (non-hydrogen) atoms. The van der Waals surface area contributed by atoms with Crippen LogP contribution in [-0.2, 0) is 4.79 Å². The van der Waals surface area contributed by atoms with Crippen molar-refractivity contribution in [3.8, 4) is 5.75 Å². The summed E-state index contributed by atoms with van der Waals surface area (Å²) in [5.41, 5.74) is 3.20. The van der Waals surface area contributed by atoms with Gasteiger partial charge in [0.25, 0.3) is 5.91 Å². The Bertz CT molecular complexity index is 1430. The van der Waals surface area contributed by atoms with E-state index in [1.807, 2.05) is 78.9 Å². The van der Waals surface area contributed by atoms with E-state index in [4.69, 9.17) is 21.3 Å². The number of fused-ring (bicyclic) bond motifs is 1. The largest absolute Gasteiger partial charge is 0.497 e. The van der Waals surface area contributed by atoms with Gasteiger partial charge in [-0.05, 0) is 54.6 Å². The van der Waals surface area contributed by atoms with Crippen LogP contribution < -0.4 is 9.64 Å². The number of hydrogen-bond donors (Lipinski definition) is 0. The Balaban J connectivity index is 1.62. The molecule has 1 amide bonds. The minimum absolute atomic E-state index is 0.246. The van der Waals surface area contributed by atoms with E-state index in [9.17, 15) is 4.79 Å². The molecule has 0 aliphatic carbocycles. The molecular formula is C26H17BrClN3O2. The quantitative estimate of drug-likeness (QED) is 0.229. The van der Waals surface area contributed by atoms with Crippen molar-refractivity contribution in [1.29, 1.82) is 0 Å². The molecule has 162 valence electrons. The molecule has 0 N–H and O–H groups in total. The number of benzene rings is 3. The highest BCUT2D eigenvalue weighted by molar-refractivity contribution is 9.10. The number of methoxy groups -OCH3 is 1. The molecule has 1 aromatic heterocycles. The minimum atomic E-state index is -0.246. The zero-order valence-electron chi connectivity index (χ0n) is 17.5. The van der Waals surface area contributed by atoms with Crippen LogP contribution in [0.25, 0.3) is 17.0 Å². The summed E-state index contributed by atoms with van der Waals surface area (Å²) in [6.07, 6.45) is 1.68. The number of pyridine rings is 1. The second-order valence-electron chi connectivity index (χ2n) is 7.38. The van der Waals surface area contributed by atoms with Gasteiger partial charge >= 0.3 is 0 Å². The van der Waals surface area contributed by atoms with E-state index < -0.39 is 0 Å². The Morgan fingerprint density at radius 2 is 1.76 bits per heavy atom. The third-order valence-electron chi connectivity index (χ3n) is 5.27. The lowest BCUT2D eigenvalue weighted by Gasteiger charge is -2.18. The van der Waals surface area contributed by atoms with E-state index in [0.29, 0.717) is 28.0 Å². The van der Waals surface area contributed by atoms with Gasteiger partial charge in [0.05, 0.1) is 18.3 Å². The summed E-state index contributed by atoms with van der Waals surface area (Å²) in [6.45, 7) is 0. The maximum absolute atomic E-state index is 13.5. The molecule has 0 bridgehead atoms. The molecule has 0 saturated carbocycles. The Hall–Kier alpha value is -3.48. The first-order valence-electron chi connectivity index (χ1n) is 10.1. The van der Waals surface area contributed by atoms with E-state index in [2.05, 4.69) is 20.9 Å². The number of hydrogen-bond acceptors (Lipinski definition) is 4. The van der Waals surface area contributed by atoms with Gasteiger partial charge in [0.15, 0.2) is 0 Å². The van der Waals surface area contributed by atoms with E-state index >= 15 is 0 Å². The molecule has 0 radical (unpaired) electrons. The summed E-state index contributed by atoms with van der Waals surface area (Å²) in [5, 5.41) is 1.22. The van der Waals surface area contributed by atoms with Crippen molar-refractivity contribution >= 4 is 61.9 Å². The van der Waals surface area contributed by atoms with Crippen LogP contribution in [0.15, 0.2) is 94.0 Å². The highest BCUT2D eigenvalue weighted by Crippen LogP contribution is 2.31. The Morgan fingerprint density at radius 1 is 1.00 bits per heavy atom. The van der Waals surface area contributed by atoms with Gasteiger partial charge in [-0.1, -0.05) is 57.9 Å². The summed E-state index contributed by atoms with van der Waals surface area (Å²) in [6, 6.07) is 24.6. The van der Waals surface area contributed by atoms with Crippen molar-refractivity contribution in [1.82, 2.24) is 4.98 Å². The smallest absolute Gasteiger partial charge is 0.282 e. The zero-order chi connectivity index (χ0) is 22.9. The van der Waals surface area contributed by atoms with Crippen LogP contribution in [0.3, 0.4) is 0 Å². The van der Waals surface area contributed by atoms with Crippen LogP contribution in [0.1, 0.15) is 11.1 Å². The molecule has 7 heteroatoms. The van der Waals surface area contributed by atoms with Crippen LogP contribution >= 0.6 is 27.5 Å². The highest BCUT2D eigenvalue weighted by atomic mass is 79.9. The van der Waals surface area contributed by atoms with Gasteiger partial charge in [-0.15, -0.1) is 0 Å². The number of carbonyl (C=O) groups is 1. The third kappa shape index (κ3) is 4.15. The Morgan fingerprint density at radius 3 is 2.48 bits per heavy atom. The normalized spacial score (nSPS) is 14.8. The van der Waals surface area contributed by atoms with Crippen molar-refractivity contribution < 1.29 is 9.53 Å². The molecular weight excluding hydrogens is 502 g/mol. The number of aromatic nitrogens is 1. The van der Waals surface area contributed by atoms with Crippen molar-refractivity contribution in [2.75, 3.05) is 12.0 Å². The predicted octanol–water partition coefficient (Wildman–Crippen LogP) is 6.49. The van der Waals surface area contributed by atoms with Crippen molar-refractivity contribution in [3.05, 3.63) is 105 Å². The summed E-state index contributed by atoms with van der Waals surface area (Å²) >= 11 is 9.94. The predicted molar refractivity (Wildman–Crippen MR) is 136 cm³/mol. The van der Waals surface area contributed by atoms with Gasteiger partial charge in [0.1, 0.15) is 22.4 Å². The first-order chi connectivity index (χ1) is 16.0. The number of nitrogens with zero attached hydrogens (tertiary/aromatic N) is 3. The average molecular weight is 519 g/mol. The molecule has 5 rings (SSSR count). The minimum Gasteiger partial charge on any atom is -0.497 e. The zero-order valence-corrected chi connectivity index (χ0v) is 19.8. The fourth-order valence-corrected chi connectivity index (χ4v) is 4.24. The summed E-state index contributed by atoms with van der Waals surface area (Å²) in [7, 11) is 1.60. The van der Waals surface area contributed by atoms with Gasteiger partial charge in [0.2, 0.25) is 0 Å². The van der Waals surface area contributed by atoms with Crippen LogP contribution in [0.2, 0.25) is 5.15 Å². The molecule has 0 unspecified atom stereocenters. The van der Waals surface area contributed by atoms with Gasteiger partial charge < -0.3 is 4.74 Å². The number of halogens is 2.